The van der Waals surface area contributed by atoms with Gasteiger partial charge in [0.05, 0.1) is 11.0 Å². The zero-order chi connectivity index (χ0) is 20.3. The Morgan fingerprint density at radius 2 is 1.80 bits per heavy atom. The molecule has 1 aliphatic carbocycles. The van der Waals surface area contributed by atoms with Gasteiger partial charge in [-0.05, 0) is 80.1 Å². The monoisotopic (exact) mass is 424 g/mol. The average molecular weight is 425 g/mol. The summed E-state index contributed by atoms with van der Waals surface area (Å²) in [5, 5.41) is 2.00. The number of ether oxygens (including phenoxy) is 1. The molecule has 0 radical (unpaired) electrons. The standard InChI is InChI=1S/C25H32N2O2S/c28-25(24-8-4-14-30-24)27(18-23-7-3-13-29-23)17-19-9-11-26(12-10-19)22-15-20-5-1-2-6-21(20)16-22/h1-2,4-6,8,14,19,22-23H,3,7,9-13,15-18H2. The molecule has 2 aromatic rings. The van der Waals surface area contributed by atoms with Crippen LogP contribution in [-0.2, 0) is 17.6 Å². The van der Waals surface area contributed by atoms with E-state index >= 15 is 0 Å². The summed E-state index contributed by atoms with van der Waals surface area (Å²) < 4.78 is 5.86. The molecule has 0 spiro atoms. The van der Waals surface area contributed by atoms with Gasteiger partial charge in [0.2, 0.25) is 0 Å². The van der Waals surface area contributed by atoms with Crippen molar-refractivity contribution in [3.8, 4) is 0 Å². The number of likely N-dealkylation sites (tertiary alicyclic amines) is 1. The molecule has 1 unspecified atom stereocenters. The molecular formula is C25H32N2O2S. The molecule has 4 nitrogen and oxygen atoms in total. The predicted molar refractivity (Wildman–Crippen MR) is 121 cm³/mol. The molecule has 1 aromatic carbocycles. The number of piperidine rings is 1. The SMILES string of the molecule is O=C(c1cccs1)N(CC1CCN(C2Cc3ccccc3C2)CC1)CC1CCCO1. The van der Waals surface area contributed by atoms with Crippen LogP contribution in [0.2, 0.25) is 0 Å². The number of benzene rings is 1. The Bertz CT molecular complexity index is 814. The number of thiophene rings is 1. The van der Waals surface area contributed by atoms with Crippen LogP contribution in [0.25, 0.3) is 0 Å². The minimum Gasteiger partial charge on any atom is -0.376 e. The Balaban J connectivity index is 1.17. The fraction of sp³-hybridized carbons (Fsp3) is 0.560. The van der Waals surface area contributed by atoms with Gasteiger partial charge in [0.15, 0.2) is 0 Å². The van der Waals surface area contributed by atoms with Crippen molar-refractivity contribution in [2.75, 3.05) is 32.8 Å². The zero-order valence-corrected chi connectivity index (χ0v) is 18.5. The molecule has 2 saturated heterocycles. The number of nitrogens with zero attached hydrogens (tertiary/aromatic N) is 2. The van der Waals surface area contributed by atoms with E-state index in [1.54, 1.807) is 11.3 Å². The summed E-state index contributed by atoms with van der Waals surface area (Å²) in [4.78, 5) is 18.8. The first-order valence-electron chi connectivity index (χ1n) is 11.5. The molecular weight excluding hydrogens is 392 g/mol. The van der Waals surface area contributed by atoms with Gasteiger partial charge in [-0.1, -0.05) is 30.3 Å². The van der Waals surface area contributed by atoms with Gasteiger partial charge in [-0.2, -0.15) is 0 Å². The highest BCUT2D eigenvalue weighted by molar-refractivity contribution is 7.12. The van der Waals surface area contributed by atoms with E-state index in [0.717, 1.165) is 50.5 Å². The fourth-order valence-corrected chi connectivity index (χ4v) is 6.13. The first-order valence-corrected chi connectivity index (χ1v) is 12.4. The van der Waals surface area contributed by atoms with E-state index in [4.69, 9.17) is 4.74 Å². The molecule has 3 aliphatic rings. The molecule has 2 aliphatic heterocycles. The summed E-state index contributed by atoms with van der Waals surface area (Å²) in [6.45, 7) is 4.77. The summed E-state index contributed by atoms with van der Waals surface area (Å²) in [6, 6.07) is 13.5. The molecule has 5 rings (SSSR count). The average Bonchev–Trinajstić information content (AvgIpc) is 3.54. The van der Waals surface area contributed by atoms with Crippen LogP contribution in [0.15, 0.2) is 41.8 Å². The van der Waals surface area contributed by atoms with E-state index in [0.29, 0.717) is 12.0 Å². The lowest BCUT2D eigenvalue weighted by atomic mass is 9.94. The van der Waals surface area contributed by atoms with Crippen molar-refractivity contribution < 1.29 is 9.53 Å². The van der Waals surface area contributed by atoms with Crippen molar-refractivity contribution in [1.82, 2.24) is 9.80 Å². The summed E-state index contributed by atoms with van der Waals surface area (Å²) in [6.07, 6.45) is 7.18. The van der Waals surface area contributed by atoms with Crippen LogP contribution in [0, 0.1) is 5.92 Å². The van der Waals surface area contributed by atoms with Crippen LogP contribution in [0.5, 0.6) is 0 Å². The third-order valence-electron chi connectivity index (χ3n) is 7.14. The van der Waals surface area contributed by atoms with Gasteiger partial charge in [-0.15, -0.1) is 11.3 Å². The summed E-state index contributed by atoms with van der Waals surface area (Å²) >= 11 is 1.55. The third kappa shape index (κ3) is 4.48. The van der Waals surface area contributed by atoms with Crippen LogP contribution < -0.4 is 0 Å². The van der Waals surface area contributed by atoms with Crippen LogP contribution in [-0.4, -0.2) is 60.6 Å². The van der Waals surface area contributed by atoms with Crippen LogP contribution in [0.1, 0.15) is 46.5 Å². The molecule has 30 heavy (non-hydrogen) atoms. The van der Waals surface area contributed by atoms with E-state index in [-0.39, 0.29) is 12.0 Å². The maximum Gasteiger partial charge on any atom is 0.264 e. The molecule has 5 heteroatoms. The second-order valence-electron chi connectivity index (χ2n) is 9.13. The molecule has 3 heterocycles. The Labute approximate surface area is 183 Å². The number of carbonyl (C=O) groups excluding carboxylic acids is 1. The number of hydrogen-bond donors (Lipinski definition) is 0. The van der Waals surface area contributed by atoms with Crippen LogP contribution in [0.4, 0.5) is 0 Å². The van der Waals surface area contributed by atoms with Crippen molar-refractivity contribution in [3.63, 3.8) is 0 Å². The summed E-state index contributed by atoms with van der Waals surface area (Å²) in [7, 11) is 0. The highest BCUT2D eigenvalue weighted by Gasteiger charge is 2.32. The lowest BCUT2D eigenvalue weighted by Crippen LogP contribution is -2.46. The summed E-state index contributed by atoms with van der Waals surface area (Å²) in [5.41, 5.74) is 3.07. The van der Waals surface area contributed by atoms with Gasteiger partial charge in [0.1, 0.15) is 0 Å². The normalized spacial score (nSPS) is 23.0. The molecule has 2 fully saturated rings. The predicted octanol–water partition coefficient (Wildman–Crippen LogP) is 4.25. The fourth-order valence-electron chi connectivity index (χ4n) is 5.44. The van der Waals surface area contributed by atoms with Gasteiger partial charge in [0.25, 0.3) is 5.91 Å². The highest BCUT2D eigenvalue weighted by atomic mass is 32.1. The number of fused-ring (bicyclic) bond motifs is 1. The van der Waals surface area contributed by atoms with Gasteiger partial charge in [0, 0.05) is 25.7 Å². The van der Waals surface area contributed by atoms with E-state index in [1.807, 2.05) is 17.5 Å². The Morgan fingerprint density at radius 1 is 1.03 bits per heavy atom. The largest absolute Gasteiger partial charge is 0.376 e. The topological polar surface area (TPSA) is 32.8 Å². The molecule has 160 valence electrons. The van der Waals surface area contributed by atoms with Crippen molar-refractivity contribution in [2.24, 2.45) is 5.92 Å². The molecule has 0 saturated carbocycles. The minimum absolute atomic E-state index is 0.189. The molecule has 0 bridgehead atoms. The third-order valence-corrected chi connectivity index (χ3v) is 8.00. The van der Waals surface area contributed by atoms with Crippen molar-refractivity contribution in [1.29, 1.82) is 0 Å². The van der Waals surface area contributed by atoms with E-state index in [2.05, 4.69) is 34.1 Å². The number of amides is 1. The van der Waals surface area contributed by atoms with E-state index in [9.17, 15) is 4.79 Å². The van der Waals surface area contributed by atoms with Gasteiger partial charge < -0.3 is 9.64 Å². The molecule has 0 N–H and O–H groups in total. The van der Waals surface area contributed by atoms with Crippen LogP contribution in [0.3, 0.4) is 0 Å². The first-order chi connectivity index (χ1) is 14.8. The molecule has 1 atom stereocenters. The van der Waals surface area contributed by atoms with Gasteiger partial charge in [-0.25, -0.2) is 0 Å². The molecule has 1 aromatic heterocycles. The highest BCUT2D eigenvalue weighted by Crippen LogP contribution is 2.29. The minimum atomic E-state index is 0.189. The van der Waals surface area contributed by atoms with Gasteiger partial charge in [-0.3, -0.25) is 9.69 Å². The Hall–Kier alpha value is -1.69. The van der Waals surface area contributed by atoms with Crippen molar-refractivity contribution in [3.05, 3.63) is 57.8 Å². The van der Waals surface area contributed by atoms with Gasteiger partial charge >= 0.3 is 0 Å². The van der Waals surface area contributed by atoms with E-state index < -0.39 is 0 Å². The number of hydrogen-bond acceptors (Lipinski definition) is 4. The van der Waals surface area contributed by atoms with Crippen molar-refractivity contribution in [2.45, 2.75) is 50.7 Å². The lowest BCUT2D eigenvalue weighted by Gasteiger charge is -2.38. The summed E-state index contributed by atoms with van der Waals surface area (Å²) in [5.74, 6) is 0.782. The lowest BCUT2D eigenvalue weighted by molar-refractivity contribution is 0.0433. The Morgan fingerprint density at radius 3 is 2.43 bits per heavy atom. The van der Waals surface area contributed by atoms with E-state index in [1.165, 1.54) is 36.8 Å². The van der Waals surface area contributed by atoms with Crippen LogP contribution >= 0.6 is 11.3 Å². The van der Waals surface area contributed by atoms with Crippen molar-refractivity contribution >= 4 is 17.2 Å². The second-order valence-corrected chi connectivity index (χ2v) is 10.1. The maximum absolute atomic E-state index is 13.1. The Kier molecular flexibility index (Phi) is 6.21. The maximum atomic E-state index is 13.1. The molecule has 1 amide bonds. The quantitative estimate of drug-likeness (QED) is 0.695. The number of carbonyl (C=O) groups is 1. The first kappa shape index (κ1) is 20.2. The number of rotatable bonds is 6. The second kappa shape index (κ2) is 9.21. The zero-order valence-electron chi connectivity index (χ0n) is 17.7. The smallest absolute Gasteiger partial charge is 0.264 e.